The van der Waals surface area contributed by atoms with Gasteiger partial charge in [0.1, 0.15) is 5.75 Å². The molecule has 0 aliphatic carbocycles. The minimum absolute atomic E-state index is 0.442. The molecule has 1 fully saturated rings. The molecule has 2 rings (SSSR count). The van der Waals surface area contributed by atoms with Gasteiger partial charge in [0.2, 0.25) is 0 Å². The van der Waals surface area contributed by atoms with Gasteiger partial charge in [-0.25, -0.2) is 0 Å². The molecule has 1 aliphatic heterocycles. The Balaban J connectivity index is 2.23. The zero-order valence-electron chi connectivity index (χ0n) is 11.2. The van der Waals surface area contributed by atoms with Crippen molar-refractivity contribution < 1.29 is 9.47 Å². The van der Waals surface area contributed by atoms with Gasteiger partial charge in [-0.1, -0.05) is 6.92 Å². The summed E-state index contributed by atoms with van der Waals surface area (Å²) >= 11 is 0. The average molecular weight is 250 g/mol. The maximum Gasteiger partial charge on any atom is 0.144 e. The highest BCUT2D eigenvalue weighted by Crippen LogP contribution is 2.30. The monoisotopic (exact) mass is 250 g/mol. The van der Waals surface area contributed by atoms with E-state index in [9.17, 15) is 0 Å². The van der Waals surface area contributed by atoms with Crippen LogP contribution in [0.1, 0.15) is 20.3 Å². The Morgan fingerprint density at radius 2 is 2.28 bits per heavy atom. The summed E-state index contributed by atoms with van der Waals surface area (Å²) in [6.07, 6.45) is 1.08. The van der Waals surface area contributed by atoms with E-state index in [-0.39, 0.29) is 0 Å². The Hall–Kier alpha value is -1.42. The van der Waals surface area contributed by atoms with Crippen LogP contribution in [0.3, 0.4) is 0 Å². The van der Waals surface area contributed by atoms with Crippen molar-refractivity contribution in [3.63, 3.8) is 0 Å². The van der Waals surface area contributed by atoms with Crippen LogP contribution in [0.5, 0.6) is 5.75 Å². The van der Waals surface area contributed by atoms with Crippen LogP contribution in [0.4, 0.5) is 11.4 Å². The first kappa shape index (κ1) is 13.0. The second-order valence-electron chi connectivity index (χ2n) is 4.49. The topological polar surface area (TPSA) is 47.7 Å². The van der Waals surface area contributed by atoms with Crippen molar-refractivity contribution in [3.8, 4) is 5.75 Å². The number of rotatable bonds is 4. The van der Waals surface area contributed by atoms with Crippen LogP contribution in [-0.4, -0.2) is 32.4 Å². The fourth-order valence-electron chi connectivity index (χ4n) is 2.32. The van der Waals surface area contributed by atoms with Crippen LogP contribution < -0.4 is 15.4 Å². The van der Waals surface area contributed by atoms with E-state index in [1.807, 2.05) is 19.1 Å². The molecule has 1 heterocycles. The molecule has 1 atom stereocenters. The lowest BCUT2D eigenvalue weighted by atomic mass is 10.1. The molecule has 1 aromatic carbocycles. The molecule has 0 radical (unpaired) electrons. The highest BCUT2D eigenvalue weighted by molar-refractivity contribution is 5.62. The Labute approximate surface area is 109 Å². The van der Waals surface area contributed by atoms with Gasteiger partial charge in [0.25, 0.3) is 0 Å². The van der Waals surface area contributed by atoms with Crippen molar-refractivity contribution in [2.45, 2.75) is 26.3 Å². The maximum atomic E-state index is 5.90. The zero-order valence-corrected chi connectivity index (χ0v) is 11.2. The lowest BCUT2D eigenvalue weighted by Gasteiger charge is -2.37. The molecule has 2 N–H and O–H groups in total. The van der Waals surface area contributed by atoms with Crippen LogP contribution in [-0.2, 0) is 4.74 Å². The number of anilines is 2. The average Bonchev–Trinajstić information content (AvgIpc) is 2.41. The summed E-state index contributed by atoms with van der Waals surface area (Å²) < 4.78 is 11.1. The lowest BCUT2D eigenvalue weighted by molar-refractivity contribution is 0.0930. The standard InChI is InChI=1S/C14H22N2O2/c1-3-11-10-17-8-7-16(11)12-5-6-13(15)14(9-12)18-4-2/h5-6,9,11H,3-4,7-8,10,15H2,1-2H3. The van der Waals surface area contributed by atoms with Crippen LogP contribution in [0.2, 0.25) is 0 Å². The molecule has 0 spiro atoms. The number of nitrogens with two attached hydrogens (primary N) is 1. The molecule has 0 saturated carbocycles. The lowest BCUT2D eigenvalue weighted by Crippen LogP contribution is -2.45. The molecule has 4 heteroatoms. The molecule has 100 valence electrons. The third-order valence-electron chi connectivity index (χ3n) is 3.33. The van der Waals surface area contributed by atoms with Crippen molar-refractivity contribution in [3.05, 3.63) is 18.2 Å². The van der Waals surface area contributed by atoms with E-state index >= 15 is 0 Å². The van der Waals surface area contributed by atoms with Gasteiger partial charge in [-0.15, -0.1) is 0 Å². The zero-order chi connectivity index (χ0) is 13.0. The van der Waals surface area contributed by atoms with E-state index in [4.69, 9.17) is 15.2 Å². The fourth-order valence-corrected chi connectivity index (χ4v) is 2.32. The Morgan fingerprint density at radius 1 is 1.44 bits per heavy atom. The Kier molecular flexibility index (Phi) is 4.31. The predicted octanol–water partition coefficient (Wildman–Crippen LogP) is 2.28. The first-order valence-electron chi connectivity index (χ1n) is 6.63. The van der Waals surface area contributed by atoms with Gasteiger partial charge in [0.15, 0.2) is 0 Å². The van der Waals surface area contributed by atoms with Crippen molar-refractivity contribution in [1.82, 2.24) is 0 Å². The first-order valence-corrected chi connectivity index (χ1v) is 6.63. The van der Waals surface area contributed by atoms with Gasteiger partial charge in [-0.05, 0) is 25.5 Å². The molecule has 0 aromatic heterocycles. The van der Waals surface area contributed by atoms with Crippen molar-refractivity contribution in [1.29, 1.82) is 0 Å². The smallest absolute Gasteiger partial charge is 0.144 e. The predicted molar refractivity (Wildman–Crippen MR) is 74.3 cm³/mol. The number of nitrogens with zero attached hydrogens (tertiary/aromatic N) is 1. The van der Waals surface area contributed by atoms with Gasteiger partial charge in [-0.3, -0.25) is 0 Å². The largest absolute Gasteiger partial charge is 0.492 e. The summed E-state index contributed by atoms with van der Waals surface area (Å²) in [5.41, 5.74) is 7.77. The third kappa shape index (κ3) is 2.70. The highest BCUT2D eigenvalue weighted by atomic mass is 16.5. The SMILES string of the molecule is CCOc1cc(N2CCOCC2CC)ccc1N. The van der Waals surface area contributed by atoms with Gasteiger partial charge in [0, 0.05) is 18.3 Å². The molecule has 1 aliphatic rings. The molecule has 1 unspecified atom stereocenters. The van der Waals surface area contributed by atoms with Crippen LogP contribution in [0.15, 0.2) is 18.2 Å². The summed E-state index contributed by atoms with van der Waals surface area (Å²) in [7, 11) is 0. The third-order valence-corrected chi connectivity index (χ3v) is 3.33. The van der Waals surface area contributed by atoms with E-state index in [1.54, 1.807) is 0 Å². The van der Waals surface area contributed by atoms with Crippen molar-refractivity contribution >= 4 is 11.4 Å². The molecule has 1 saturated heterocycles. The molecule has 4 nitrogen and oxygen atoms in total. The molecule has 18 heavy (non-hydrogen) atoms. The Morgan fingerprint density at radius 3 is 3.00 bits per heavy atom. The van der Waals surface area contributed by atoms with Crippen molar-refractivity contribution in [2.75, 3.05) is 37.0 Å². The van der Waals surface area contributed by atoms with Crippen LogP contribution >= 0.6 is 0 Å². The fraction of sp³-hybridized carbons (Fsp3) is 0.571. The molecule has 0 bridgehead atoms. The molecular weight excluding hydrogens is 228 g/mol. The van der Waals surface area contributed by atoms with E-state index in [2.05, 4.69) is 17.9 Å². The number of morpholine rings is 1. The van der Waals surface area contributed by atoms with Gasteiger partial charge in [-0.2, -0.15) is 0 Å². The van der Waals surface area contributed by atoms with Gasteiger partial charge < -0.3 is 20.1 Å². The quantitative estimate of drug-likeness (QED) is 0.833. The summed E-state index contributed by atoms with van der Waals surface area (Å²) in [6.45, 7) is 7.29. The number of nitrogen functional groups attached to an aromatic ring is 1. The molecule has 0 amide bonds. The number of ether oxygens (including phenoxy) is 2. The molecule has 1 aromatic rings. The number of hydrogen-bond acceptors (Lipinski definition) is 4. The first-order chi connectivity index (χ1) is 8.76. The van der Waals surface area contributed by atoms with Crippen LogP contribution in [0.25, 0.3) is 0 Å². The van der Waals surface area contributed by atoms with Gasteiger partial charge >= 0.3 is 0 Å². The van der Waals surface area contributed by atoms with Crippen LogP contribution in [0, 0.1) is 0 Å². The van der Waals surface area contributed by atoms with Crippen molar-refractivity contribution in [2.24, 2.45) is 0 Å². The van der Waals surface area contributed by atoms with Gasteiger partial charge in [0.05, 0.1) is 31.5 Å². The highest BCUT2D eigenvalue weighted by Gasteiger charge is 2.22. The minimum atomic E-state index is 0.442. The summed E-state index contributed by atoms with van der Waals surface area (Å²) in [5, 5.41) is 0. The Bertz CT molecular complexity index is 395. The summed E-state index contributed by atoms with van der Waals surface area (Å²) in [5.74, 6) is 0.774. The number of hydrogen-bond donors (Lipinski definition) is 1. The second kappa shape index (κ2) is 5.96. The van der Waals surface area contributed by atoms with E-state index in [1.165, 1.54) is 5.69 Å². The van der Waals surface area contributed by atoms with E-state index in [0.29, 0.717) is 18.3 Å². The summed E-state index contributed by atoms with van der Waals surface area (Å²) in [6, 6.07) is 6.46. The second-order valence-corrected chi connectivity index (χ2v) is 4.49. The minimum Gasteiger partial charge on any atom is -0.492 e. The number of benzene rings is 1. The molecular formula is C14H22N2O2. The normalized spacial score (nSPS) is 19.9. The summed E-state index contributed by atoms with van der Waals surface area (Å²) in [4.78, 5) is 2.38. The van der Waals surface area contributed by atoms with E-state index < -0.39 is 0 Å². The maximum absolute atomic E-state index is 5.90. The van der Waals surface area contributed by atoms with E-state index in [0.717, 1.165) is 31.9 Å².